The summed E-state index contributed by atoms with van der Waals surface area (Å²) in [5.74, 6) is 0. The van der Waals surface area contributed by atoms with Crippen molar-refractivity contribution in [2.24, 2.45) is 0 Å². The highest BCUT2D eigenvalue weighted by atomic mass is 15.2. The number of hydrogen-bond donors (Lipinski definition) is 1. The van der Waals surface area contributed by atoms with Gasteiger partial charge in [0, 0.05) is 24.8 Å². The van der Waals surface area contributed by atoms with Crippen LogP contribution in [0.1, 0.15) is 18.4 Å². The highest BCUT2D eigenvalue weighted by Gasteiger charge is 2.19. The van der Waals surface area contributed by atoms with E-state index in [0.717, 1.165) is 13.1 Å². The van der Waals surface area contributed by atoms with Crippen LogP contribution < -0.4 is 10.2 Å². The summed E-state index contributed by atoms with van der Waals surface area (Å²) in [6.07, 6.45) is 2.36. The van der Waals surface area contributed by atoms with E-state index in [4.69, 9.17) is 5.26 Å². The van der Waals surface area contributed by atoms with Crippen LogP contribution in [0.25, 0.3) is 0 Å². The van der Waals surface area contributed by atoms with Crippen molar-refractivity contribution in [1.82, 2.24) is 5.32 Å². The second kappa shape index (κ2) is 5.70. The summed E-state index contributed by atoms with van der Waals surface area (Å²) in [4.78, 5) is 2.40. The van der Waals surface area contributed by atoms with E-state index in [1.807, 2.05) is 0 Å². The molecule has 1 saturated heterocycles. The fraction of sp³-hybridized carbons (Fsp3) is 0.500. The van der Waals surface area contributed by atoms with Gasteiger partial charge in [0.15, 0.2) is 0 Å². The van der Waals surface area contributed by atoms with Crippen LogP contribution in [-0.4, -0.2) is 25.7 Å². The Kier molecular flexibility index (Phi) is 4.00. The summed E-state index contributed by atoms with van der Waals surface area (Å²) < 4.78 is 0. The van der Waals surface area contributed by atoms with E-state index in [9.17, 15) is 0 Å². The van der Waals surface area contributed by atoms with Gasteiger partial charge in [-0.25, -0.2) is 0 Å². The predicted octanol–water partition coefficient (Wildman–Crippen LogP) is 2.08. The lowest BCUT2D eigenvalue weighted by atomic mass is 10.0. The third kappa shape index (κ3) is 3.21. The molecule has 90 valence electrons. The maximum atomic E-state index is 8.58. The Morgan fingerprint density at radius 1 is 1.41 bits per heavy atom. The number of nitrogens with one attached hydrogen (secondary N) is 1. The van der Waals surface area contributed by atoms with Crippen molar-refractivity contribution >= 4 is 5.69 Å². The number of anilines is 1. The zero-order valence-electron chi connectivity index (χ0n) is 10.3. The van der Waals surface area contributed by atoms with Crippen molar-refractivity contribution in [1.29, 1.82) is 5.26 Å². The van der Waals surface area contributed by atoms with Gasteiger partial charge in [0.05, 0.1) is 12.6 Å². The van der Waals surface area contributed by atoms with E-state index >= 15 is 0 Å². The number of nitriles is 1. The molecule has 0 aromatic heterocycles. The molecule has 1 aliphatic heterocycles. The van der Waals surface area contributed by atoms with E-state index in [1.54, 1.807) is 0 Å². The summed E-state index contributed by atoms with van der Waals surface area (Å²) in [6, 6.07) is 11.3. The van der Waals surface area contributed by atoms with E-state index in [-0.39, 0.29) is 0 Å². The highest BCUT2D eigenvalue weighted by molar-refractivity contribution is 5.48. The second-order valence-corrected chi connectivity index (χ2v) is 4.66. The van der Waals surface area contributed by atoms with Crippen LogP contribution in [0.3, 0.4) is 0 Å². The molecule has 1 heterocycles. The molecule has 0 saturated carbocycles. The van der Waals surface area contributed by atoms with Crippen molar-refractivity contribution in [2.45, 2.75) is 25.8 Å². The average molecular weight is 229 g/mol. The Morgan fingerprint density at radius 3 is 2.88 bits per heavy atom. The third-order valence-corrected chi connectivity index (χ3v) is 3.29. The van der Waals surface area contributed by atoms with Gasteiger partial charge in [-0.3, -0.25) is 5.32 Å². The second-order valence-electron chi connectivity index (χ2n) is 4.66. The van der Waals surface area contributed by atoms with Crippen molar-refractivity contribution in [3.05, 3.63) is 29.8 Å². The largest absolute Gasteiger partial charge is 0.370 e. The van der Waals surface area contributed by atoms with Gasteiger partial charge in [-0.1, -0.05) is 17.7 Å². The van der Waals surface area contributed by atoms with Crippen molar-refractivity contribution < 1.29 is 0 Å². The number of benzene rings is 1. The number of rotatable bonds is 3. The minimum absolute atomic E-state index is 0.449. The molecule has 0 spiro atoms. The molecule has 1 unspecified atom stereocenters. The smallest absolute Gasteiger partial charge is 0.0843 e. The van der Waals surface area contributed by atoms with E-state index in [0.29, 0.717) is 12.6 Å². The lowest BCUT2D eigenvalue weighted by Crippen LogP contribution is -2.45. The summed E-state index contributed by atoms with van der Waals surface area (Å²) in [6.45, 7) is 4.68. The average Bonchev–Trinajstić information content (AvgIpc) is 2.37. The van der Waals surface area contributed by atoms with Gasteiger partial charge in [0.2, 0.25) is 0 Å². The maximum absolute atomic E-state index is 8.58. The summed E-state index contributed by atoms with van der Waals surface area (Å²) >= 11 is 0. The van der Waals surface area contributed by atoms with Gasteiger partial charge in [-0.15, -0.1) is 0 Å². The zero-order valence-corrected chi connectivity index (χ0v) is 10.3. The molecule has 3 nitrogen and oxygen atoms in total. The Balaban J connectivity index is 1.97. The van der Waals surface area contributed by atoms with Gasteiger partial charge in [-0.05, 0) is 31.9 Å². The molecular formula is C14H19N3. The maximum Gasteiger partial charge on any atom is 0.0843 e. The summed E-state index contributed by atoms with van der Waals surface area (Å²) in [5, 5.41) is 11.9. The van der Waals surface area contributed by atoms with E-state index in [2.05, 4.69) is 47.5 Å². The molecule has 0 radical (unpaired) electrons. The Morgan fingerprint density at radius 2 is 2.18 bits per heavy atom. The monoisotopic (exact) mass is 229 g/mol. The standard InChI is InChI=1S/C14H19N3/c1-12-4-6-14(7-5-12)17-10-2-3-13(11-17)16-9-8-15/h4-7,13,16H,2-3,9-11H2,1H3. The molecule has 0 amide bonds. The van der Waals surface area contributed by atoms with Crippen LogP contribution in [0.2, 0.25) is 0 Å². The molecule has 1 aliphatic rings. The third-order valence-electron chi connectivity index (χ3n) is 3.29. The number of aryl methyl sites for hydroxylation is 1. The molecule has 0 aliphatic carbocycles. The normalized spacial score (nSPS) is 20.0. The lowest BCUT2D eigenvalue weighted by Gasteiger charge is -2.34. The number of nitrogens with zero attached hydrogens (tertiary/aromatic N) is 2. The minimum Gasteiger partial charge on any atom is -0.370 e. The fourth-order valence-corrected chi connectivity index (χ4v) is 2.32. The topological polar surface area (TPSA) is 39.1 Å². The first kappa shape index (κ1) is 11.9. The molecule has 2 rings (SSSR count). The van der Waals surface area contributed by atoms with Crippen molar-refractivity contribution in [3.63, 3.8) is 0 Å². The predicted molar refractivity (Wildman–Crippen MR) is 70.0 cm³/mol. The van der Waals surface area contributed by atoms with E-state index in [1.165, 1.54) is 24.1 Å². The molecule has 0 bridgehead atoms. The van der Waals surface area contributed by atoms with Crippen LogP contribution >= 0.6 is 0 Å². The molecule has 17 heavy (non-hydrogen) atoms. The molecule has 1 aromatic carbocycles. The molecule has 1 aromatic rings. The molecule has 3 heteroatoms. The summed E-state index contributed by atoms with van der Waals surface area (Å²) in [5.41, 5.74) is 2.59. The van der Waals surface area contributed by atoms with Crippen LogP contribution in [0.15, 0.2) is 24.3 Å². The quantitative estimate of drug-likeness (QED) is 0.807. The first-order chi connectivity index (χ1) is 8.29. The lowest BCUT2D eigenvalue weighted by molar-refractivity contribution is 0.439. The van der Waals surface area contributed by atoms with Gasteiger partial charge in [-0.2, -0.15) is 5.26 Å². The highest BCUT2D eigenvalue weighted by Crippen LogP contribution is 2.20. The number of hydrogen-bond acceptors (Lipinski definition) is 3. The summed E-state index contributed by atoms with van der Waals surface area (Å²) in [7, 11) is 0. The van der Waals surface area contributed by atoms with Crippen molar-refractivity contribution in [2.75, 3.05) is 24.5 Å². The molecular weight excluding hydrogens is 210 g/mol. The van der Waals surface area contributed by atoms with Crippen LogP contribution in [-0.2, 0) is 0 Å². The molecule has 1 N–H and O–H groups in total. The SMILES string of the molecule is Cc1ccc(N2CCCC(NCC#N)C2)cc1. The minimum atomic E-state index is 0.449. The Labute approximate surface area is 103 Å². The Hall–Kier alpha value is -1.53. The first-order valence-electron chi connectivity index (χ1n) is 6.21. The Bertz CT molecular complexity index is 391. The van der Waals surface area contributed by atoms with Crippen LogP contribution in [0.5, 0.6) is 0 Å². The van der Waals surface area contributed by atoms with Crippen LogP contribution in [0.4, 0.5) is 5.69 Å². The van der Waals surface area contributed by atoms with Gasteiger partial charge < -0.3 is 4.90 Å². The zero-order chi connectivity index (χ0) is 12.1. The number of piperidine rings is 1. The van der Waals surface area contributed by atoms with Gasteiger partial charge in [0.1, 0.15) is 0 Å². The first-order valence-corrected chi connectivity index (χ1v) is 6.21. The van der Waals surface area contributed by atoms with Crippen LogP contribution in [0, 0.1) is 18.3 Å². The van der Waals surface area contributed by atoms with E-state index < -0.39 is 0 Å². The molecule has 1 fully saturated rings. The molecule has 1 atom stereocenters. The van der Waals surface area contributed by atoms with Gasteiger partial charge in [0.25, 0.3) is 0 Å². The fourth-order valence-electron chi connectivity index (χ4n) is 2.32. The van der Waals surface area contributed by atoms with Crippen molar-refractivity contribution in [3.8, 4) is 6.07 Å². The van der Waals surface area contributed by atoms with Gasteiger partial charge >= 0.3 is 0 Å².